The summed E-state index contributed by atoms with van der Waals surface area (Å²) in [6.45, 7) is 3.91. The Kier molecular flexibility index (Phi) is 4.53. The minimum absolute atomic E-state index is 0.162. The van der Waals surface area contributed by atoms with Crippen LogP contribution in [0.3, 0.4) is 0 Å². The number of β-amino-alcohol motifs (C(OH)–C–C–N with tert-alkyl or cyclic N) is 1. The van der Waals surface area contributed by atoms with Crippen molar-refractivity contribution in [2.24, 2.45) is 0 Å². The minimum Gasteiger partial charge on any atom is -0.386 e. The van der Waals surface area contributed by atoms with Crippen molar-refractivity contribution in [1.82, 2.24) is 4.90 Å². The number of anilines is 1. The number of halogens is 1. The molecule has 0 saturated carbocycles. The number of hydrogen-bond acceptors (Lipinski definition) is 4. The number of piperazine rings is 1. The highest BCUT2D eigenvalue weighted by Gasteiger charge is 2.21. The zero-order chi connectivity index (χ0) is 14.7. The topological polar surface area (TPSA) is 26.7 Å². The molecule has 112 valence electrons. The van der Waals surface area contributed by atoms with Crippen LogP contribution in [0.25, 0.3) is 0 Å². The van der Waals surface area contributed by atoms with E-state index in [1.165, 1.54) is 6.07 Å². The van der Waals surface area contributed by atoms with Crippen LogP contribution in [-0.4, -0.2) is 42.7 Å². The molecule has 2 aromatic rings. The van der Waals surface area contributed by atoms with Gasteiger partial charge in [-0.25, -0.2) is 4.39 Å². The molecule has 2 heterocycles. The average Bonchev–Trinajstić information content (AvgIpc) is 3.03. The number of hydrogen-bond donors (Lipinski definition) is 1. The highest BCUT2D eigenvalue weighted by atomic mass is 32.1. The minimum atomic E-state index is -0.426. The largest absolute Gasteiger partial charge is 0.386 e. The van der Waals surface area contributed by atoms with E-state index in [0.717, 1.165) is 31.1 Å². The highest BCUT2D eigenvalue weighted by Crippen LogP contribution is 2.23. The molecular formula is C16H19FN2OS. The van der Waals surface area contributed by atoms with Crippen LogP contribution in [0.15, 0.2) is 41.8 Å². The number of benzene rings is 1. The first-order chi connectivity index (χ1) is 10.2. The van der Waals surface area contributed by atoms with Gasteiger partial charge in [0.25, 0.3) is 0 Å². The van der Waals surface area contributed by atoms with Crippen molar-refractivity contribution in [3.8, 4) is 0 Å². The van der Waals surface area contributed by atoms with E-state index >= 15 is 0 Å². The zero-order valence-corrected chi connectivity index (χ0v) is 12.6. The van der Waals surface area contributed by atoms with Gasteiger partial charge >= 0.3 is 0 Å². The van der Waals surface area contributed by atoms with Crippen LogP contribution >= 0.6 is 11.3 Å². The van der Waals surface area contributed by atoms with Gasteiger partial charge < -0.3 is 10.0 Å². The van der Waals surface area contributed by atoms with E-state index < -0.39 is 6.10 Å². The lowest BCUT2D eigenvalue weighted by Gasteiger charge is -2.36. The van der Waals surface area contributed by atoms with E-state index in [2.05, 4.69) is 9.80 Å². The van der Waals surface area contributed by atoms with Gasteiger partial charge in [-0.1, -0.05) is 18.2 Å². The molecule has 1 unspecified atom stereocenters. The summed E-state index contributed by atoms with van der Waals surface area (Å²) in [6.07, 6.45) is -0.426. The third-order valence-corrected chi connectivity index (χ3v) is 4.84. The second-order valence-corrected chi connectivity index (χ2v) is 6.25. The first-order valence-electron chi connectivity index (χ1n) is 7.17. The fraction of sp³-hybridized carbons (Fsp3) is 0.375. The Morgan fingerprint density at radius 1 is 1.10 bits per heavy atom. The maximum atomic E-state index is 13.8. The molecule has 1 aromatic carbocycles. The van der Waals surface area contributed by atoms with Gasteiger partial charge in [0.1, 0.15) is 11.9 Å². The molecule has 0 bridgehead atoms. The van der Waals surface area contributed by atoms with Crippen molar-refractivity contribution in [3.63, 3.8) is 0 Å². The van der Waals surface area contributed by atoms with E-state index in [-0.39, 0.29) is 5.82 Å². The van der Waals surface area contributed by atoms with Crippen LogP contribution in [0.1, 0.15) is 11.0 Å². The molecule has 0 amide bonds. The molecule has 3 nitrogen and oxygen atoms in total. The fourth-order valence-corrected chi connectivity index (χ4v) is 3.40. The molecule has 5 heteroatoms. The molecule has 1 aliphatic heterocycles. The molecule has 0 spiro atoms. The van der Waals surface area contributed by atoms with Gasteiger partial charge in [0.2, 0.25) is 0 Å². The smallest absolute Gasteiger partial charge is 0.146 e. The lowest BCUT2D eigenvalue weighted by Crippen LogP contribution is -2.47. The standard InChI is InChI=1S/C16H19FN2OS/c17-13-4-1-2-5-14(13)19-9-7-18(8-10-19)12-15(20)16-6-3-11-21-16/h1-6,11,15,20H,7-10,12H2. The van der Waals surface area contributed by atoms with E-state index in [0.29, 0.717) is 12.2 Å². The normalized spacial score (nSPS) is 17.9. The zero-order valence-electron chi connectivity index (χ0n) is 11.8. The molecule has 1 atom stereocenters. The number of rotatable bonds is 4. The second-order valence-electron chi connectivity index (χ2n) is 5.27. The van der Waals surface area contributed by atoms with Crippen molar-refractivity contribution < 1.29 is 9.50 Å². The van der Waals surface area contributed by atoms with Crippen LogP contribution < -0.4 is 4.90 Å². The Labute approximate surface area is 128 Å². The lowest BCUT2D eigenvalue weighted by atomic mass is 10.2. The van der Waals surface area contributed by atoms with Crippen molar-refractivity contribution in [3.05, 3.63) is 52.5 Å². The SMILES string of the molecule is OC(CN1CCN(c2ccccc2F)CC1)c1cccs1. The number of nitrogens with zero attached hydrogens (tertiary/aromatic N) is 2. The predicted octanol–water partition coefficient (Wildman–Crippen LogP) is 2.74. The Bertz CT molecular complexity index is 567. The summed E-state index contributed by atoms with van der Waals surface area (Å²) < 4.78 is 13.8. The summed E-state index contributed by atoms with van der Waals surface area (Å²) in [5.41, 5.74) is 0.677. The number of thiophene rings is 1. The summed E-state index contributed by atoms with van der Waals surface area (Å²) in [5.74, 6) is -0.162. The van der Waals surface area contributed by atoms with Gasteiger partial charge in [-0.15, -0.1) is 11.3 Å². The van der Waals surface area contributed by atoms with Gasteiger partial charge in [0.15, 0.2) is 0 Å². The van der Waals surface area contributed by atoms with Gasteiger partial charge in [0, 0.05) is 37.6 Å². The molecule has 3 rings (SSSR count). The van der Waals surface area contributed by atoms with Crippen molar-refractivity contribution in [2.75, 3.05) is 37.6 Å². The molecule has 0 aliphatic carbocycles. The van der Waals surface area contributed by atoms with Gasteiger partial charge in [-0.3, -0.25) is 4.90 Å². The van der Waals surface area contributed by atoms with E-state index in [1.807, 2.05) is 29.6 Å². The van der Waals surface area contributed by atoms with Gasteiger partial charge in [-0.05, 0) is 23.6 Å². The van der Waals surface area contributed by atoms with Crippen molar-refractivity contribution in [1.29, 1.82) is 0 Å². The predicted molar refractivity (Wildman–Crippen MR) is 84.3 cm³/mol. The highest BCUT2D eigenvalue weighted by molar-refractivity contribution is 7.10. The molecule has 1 aliphatic rings. The first-order valence-corrected chi connectivity index (χ1v) is 8.05. The molecule has 21 heavy (non-hydrogen) atoms. The van der Waals surface area contributed by atoms with Crippen LogP contribution in [-0.2, 0) is 0 Å². The average molecular weight is 306 g/mol. The Hall–Kier alpha value is -1.43. The maximum absolute atomic E-state index is 13.8. The van der Waals surface area contributed by atoms with Crippen LogP contribution in [0.5, 0.6) is 0 Å². The quantitative estimate of drug-likeness (QED) is 0.941. The van der Waals surface area contributed by atoms with E-state index in [9.17, 15) is 9.50 Å². The number of para-hydroxylation sites is 1. The van der Waals surface area contributed by atoms with Crippen molar-refractivity contribution >= 4 is 17.0 Å². The Balaban J connectivity index is 1.55. The number of aliphatic hydroxyl groups excluding tert-OH is 1. The molecule has 1 N–H and O–H groups in total. The molecule has 0 radical (unpaired) electrons. The molecule has 1 saturated heterocycles. The molecule has 1 fully saturated rings. The number of aliphatic hydroxyl groups is 1. The summed E-state index contributed by atoms with van der Waals surface area (Å²) in [6, 6.07) is 10.8. The first kappa shape index (κ1) is 14.5. The Morgan fingerprint density at radius 3 is 2.52 bits per heavy atom. The van der Waals surface area contributed by atoms with E-state index in [4.69, 9.17) is 0 Å². The second kappa shape index (κ2) is 6.56. The van der Waals surface area contributed by atoms with Crippen LogP contribution in [0.4, 0.5) is 10.1 Å². The van der Waals surface area contributed by atoms with Crippen LogP contribution in [0, 0.1) is 5.82 Å². The summed E-state index contributed by atoms with van der Waals surface area (Å²) in [5, 5.41) is 12.2. The van der Waals surface area contributed by atoms with Gasteiger partial charge in [0.05, 0.1) is 5.69 Å². The summed E-state index contributed by atoms with van der Waals surface area (Å²) >= 11 is 1.58. The molecular weight excluding hydrogens is 287 g/mol. The monoisotopic (exact) mass is 306 g/mol. The van der Waals surface area contributed by atoms with Crippen LogP contribution in [0.2, 0.25) is 0 Å². The van der Waals surface area contributed by atoms with Gasteiger partial charge in [-0.2, -0.15) is 0 Å². The van der Waals surface area contributed by atoms with E-state index in [1.54, 1.807) is 17.4 Å². The summed E-state index contributed by atoms with van der Waals surface area (Å²) in [4.78, 5) is 5.32. The molecule has 1 aromatic heterocycles. The third-order valence-electron chi connectivity index (χ3n) is 3.87. The maximum Gasteiger partial charge on any atom is 0.146 e. The summed E-state index contributed by atoms with van der Waals surface area (Å²) in [7, 11) is 0. The third kappa shape index (κ3) is 3.43. The lowest BCUT2D eigenvalue weighted by molar-refractivity contribution is 0.112. The van der Waals surface area contributed by atoms with Crippen molar-refractivity contribution in [2.45, 2.75) is 6.10 Å². The Morgan fingerprint density at radius 2 is 1.86 bits per heavy atom. The fourth-order valence-electron chi connectivity index (χ4n) is 2.69.